The van der Waals surface area contributed by atoms with E-state index in [1.54, 1.807) is 19.2 Å². The summed E-state index contributed by atoms with van der Waals surface area (Å²) in [6.45, 7) is 2.20. The standard InChI is InChI=1S/C18H25NO4/c1-4-16(20)7-5-6-14-8-10-15(11-9-14)18(22)19(2)13-12-17(21)23-3/h8-11H,4-7,12-13H2,1-3H3. The molecule has 0 aromatic heterocycles. The van der Waals surface area contributed by atoms with Crippen LogP contribution in [0.1, 0.15) is 48.5 Å². The molecule has 0 radical (unpaired) electrons. The molecule has 5 nitrogen and oxygen atoms in total. The number of methoxy groups -OCH3 is 1. The second-order valence-corrected chi connectivity index (χ2v) is 5.50. The molecular formula is C18H25NO4. The molecule has 0 aliphatic rings. The smallest absolute Gasteiger partial charge is 0.307 e. The highest BCUT2D eigenvalue weighted by Gasteiger charge is 2.13. The van der Waals surface area contributed by atoms with Crippen LogP contribution < -0.4 is 0 Å². The summed E-state index contributed by atoms with van der Waals surface area (Å²) in [6.07, 6.45) is 3.04. The summed E-state index contributed by atoms with van der Waals surface area (Å²) in [5.41, 5.74) is 1.70. The number of nitrogens with zero attached hydrogens (tertiary/aromatic N) is 1. The van der Waals surface area contributed by atoms with Crippen molar-refractivity contribution in [2.24, 2.45) is 0 Å². The molecule has 0 atom stereocenters. The quantitative estimate of drug-likeness (QED) is 0.656. The Morgan fingerprint density at radius 1 is 1.09 bits per heavy atom. The van der Waals surface area contributed by atoms with Gasteiger partial charge in [0, 0.05) is 32.0 Å². The van der Waals surface area contributed by atoms with Crippen LogP contribution in [0.3, 0.4) is 0 Å². The van der Waals surface area contributed by atoms with Crippen LogP contribution in [0, 0.1) is 0 Å². The van der Waals surface area contributed by atoms with E-state index in [-0.39, 0.29) is 24.1 Å². The van der Waals surface area contributed by atoms with Gasteiger partial charge in [-0.05, 0) is 30.5 Å². The first-order chi connectivity index (χ1) is 11.0. The van der Waals surface area contributed by atoms with Crippen molar-refractivity contribution in [3.05, 3.63) is 35.4 Å². The van der Waals surface area contributed by atoms with Crippen molar-refractivity contribution in [3.63, 3.8) is 0 Å². The van der Waals surface area contributed by atoms with Crippen LogP contribution in [0.4, 0.5) is 0 Å². The van der Waals surface area contributed by atoms with Gasteiger partial charge in [-0.3, -0.25) is 14.4 Å². The maximum absolute atomic E-state index is 12.2. The molecule has 23 heavy (non-hydrogen) atoms. The fourth-order valence-electron chi connectivity index (χ4n) is 2.16. The number of ketones is 1. The highest BCUT2D eigenvalue weighted by atomic mass is 16.5. The number of esters is 1. The van der Waals surface area contributed by atoms with Crippen molar-refractivity contribution < 1.29 is 19.1 Å². The first-order valence-corrected chi connectivity index (χ1v) is 7.90. The number of hydrogen-bond donors (Lipinski definition) is 0. The van der Waals surface area contributed by atoms with Crippen molar-refractivity contribution in [1.29, 1.82) is 0 Å². The van der Waals surface area contributed by atoms with Crippen molar-refractivity contribution >= 4 is 17.7 Å². The fraction of sp³-hybridized carbons (Fsp3) is 0.500. The molecule has 0 aliphatic heterocycles. The van der Waals surface area contributed by atoms with Gasteiger partial charge in [0.25, 0.3) is 5.91 Å². The maximum atomic E-state index is 12.2. The number of amides is 1. The molecule has 0 N–H and O–H groups in total. The number of rotatable bonds is 9. The topological polar surface area (TPSA) is 63.7 Å². The summed E-state index contributed by atoms with van der Waals surface area (Å²) in [5, 5.41) is 0. The summed E-state index contributed by atoms with van der Waals surface area (Å²) < 4.78 is 4.56. The van der Waals surface area contributed by atoms with Gasteiger partial charge in [0.05, 0.1) is 13.5 Å². The Labute approximate surface area is 137 Å². The number of aryl methyl sites for hydroxylation is 1. The van der Waals surface area contributed by atoms with Gasteiger partial charge in [-0.2, -0.15) is 0 Å². The Hall–Kier alpha value is -2.17. The van der Waals surface area contributed by atoms with E-state index in [2.05, 4.69) is 4.74 Å². The lowest BCUT2D eigenvalue weighted by Gasteiger charge is -2.16. The molecule has 5 heteroatoms. The van der Waals surface area contributed by atoms with Gasteiger partial charge in [0.15, 0.2) is 0 Å². The Bertz CT molecular complexity index is 536. The monoisotopic (exact) mass is 319 g/mol. The van der Waals surface area contributed by atoms with E-state index in [0.717, 1.165) is 18.4 Å². The SMILES string of the molecule is CCC(=O)CCCc1ccc(C(=O)N(C)CCC(=O)OC)cc1. The van der Waals surface area contributed by atoms with Crippen LogP contribution in [-0.4, -0.2) is 43.3 Å². The second-order valence-electron chi connectivity index (χ2n) is 5.50. The zero-order valence-corrected chi connectivity index (χ0v) is 14.1. The van der Waals surface area contributed by atoms with Crippen LogP contribution in [0.5, 0.6) is 0 Å². The minimum Gasteiger partial charge on any atom is -0.469 e. The van der Waals surface area contributed by atoms with Gasteiger partial charge in [0.1, 0.15) is 5.78 Å². The molecule has 0 saturated carbocycles. The Morgan fingerprint density at radius 2 is 1.74 bits per heavy atom. The largest absolute Gasteiger partial charge is 0.469 e. The lowest BCUT2D eigenvalue weighted by molar-refractivity contribution is -0.140. The minimum absolute atomic E-state index is 0.124. The Morgan fingerprint density at radius 3 is 2.30 bits per heavy atom. The van der Waals surface area contributed by atoms with E-state index in [1.807, 2.05) is 19.1 Å². The maximum Gasteiger partial charge on any atom is 0.307 e. The number of carbonyl (C=O) groups is 3. The molecule has 0 bridgehead atoms. The molecule has 0 spiro atoms. The van der Waals surface area contributed by atoms with Crippen molar-refractivity contribution in [3.8, 4) is 0 Å². The minimum atomic E-state index is -0.332. The summed E-state index contributed by atoms with van der Waals surface area (Å²) in [5.74, 6) is -0.174. The third-order valence-electron chi connectivity index (χ3n) is 3.74. The molecule has 1 amide bonds. The number of Topliss-reactive ketones (excluding diaryl/α,β-unsaturated/α-hetero) is 1. The Kier molecular flexibility index (Phi) is 8.02. The summed E-state index contributed by atoms with van der Waals surface area (Å²) >= 11 is 0. The van der Waals surface area contributed by atoms with E-state index < -0.39 is 0 Å². The third-order valence-corrected chi connectivity index (χ3v) is 3.74. The van der Waals surface area contributed by atoms with Crippen molar-refractivity contribution in [2.75, 3.05) is 20.7 Å². The number of benzene rings is 1. The summed E-state index contributed by atoms with van der Waals surface area (Å²) in [4.78, 5) is 36.1. The van der Waals surface area contributed by atoms with Crippen LogP contribution in [0.2, 0.25) is 0 Å². The van der Waals surface area contributed by atoms with Crippen molar-refractivity contribution in [2.45, 2.75) is 39.0 Å². The molecule has 1 aromatic rings. The predicted molar refractivity (Wildman–Crippen MR) is 88.3 cm³/mol. The number of ether oxygens (including phenoxy) is 1. The van der Waals surface area contributed by atoms with Gasteiger partial charge in [-0.25, -0.2) is 0 Å². The average Bonchev–Trinajstić information content (AvgIpc) is 2.58. The molecule has 1 rings (SSSR count). The van der Waals surface area contributed by atoms with E-state index in [4.69, 9.17) is 0 Å². The molecular weight excluding hydrogens is 294 g/mol. The molecule has 0 fully saturated rings. The van der Waals surface area contributed by atoms with Gasteiger partial charge in [-0.15, -0.1) is 0 Å². The number of hydrogen-bond acceptors (Lipinski definition) is 4. The first kappa shape index (κ1) is 18.9. The molecule has 0 unspecified atom stereocenters. The molecule has 0 heterocycles. The first-order valence-electron chi connectivity index (χ1n) is 7.90. The average molecular weight is 319 g/mol. The third kappa shape index (κ3) is 6.63. The van der Waals surface area contributed by atoms with Crippen LogP contribution >= 0.6 is 0 Å². The van der Waals surface area contributed by atoms with Gasteiger partial charge >= 0.3 is 5.97 Å². The molecule has 1 aromatic carbocycles. The van der Waals surface area contributed by atoms with Crippen molar-refractivity contribution in [1.82, 2.24) is 4.90 Å². The normalized spacial score (nSPS) is 10.2. The second kappa shape index (κ2) is 9.77. The highest BCUT2D eigenvalue weighted by molar-refractivity contribution is 5.94. The zero-order chi connectivity index (χ0) is 17.2. The fourth-order valence-corrected chi connectivity index (χ4v) is 2.16. The Balaban J connectivity index is 2.50. The van der Waals surface area contributed by atoms with Crippen LogP contribution in [-0.2, 0) is 20.7 Å². The van der Waals surface area contributed by atoms with Crippen LogP contribution in [0.15, 0.2) is 24.3 Å². The number of carbonyl (C=O) groups excluding carboxylic acids is 3. The summed E-state index contributed by atoms with van der Waals surface area (Å²) in [7, 11) is 2.99. The lowest BCUT2D eigenvalue weighted by atomic mass is 10.0. The lowest BCUT2D eigenvalue weighted by Crippen LogP contribution is -2.29. The predicted octanol–water partition coefficient (Wildman–Crippen LogP) is 2.62. The zero-order valence-electron chi connectivity index (χ0n) is 14.1. The van der Waals surface area contributed by atoms with E-state index in [1.165, 1.54) is 12.0 Å². The van der Waals surface area contributed by atoms with Gasteiger partial charge in [0.2, 0.25) is 0 Å². The van der Waals surface area contributed by atoms with E-state index in [0.29, 0.717) is 24.9 Å². The molecule has 0 saturated heterocycles. The summed E-state index contributed by atoms with van der Waals surface area (Å²) in [6, 6.07) is 7.40. The van der Waals surface area contributed by atoms with Gasteiger partial charge < -0.3 is 9.64 Å². The highest BCUT2D eigenvalue weighted by Crippen LogP contribution is 2.10. The van der Waals surface area contributed by atoms with Gasteiger partial charge in [-0.1, -0.05) is 19.1 Å². The molecule has 0 aliphatic carbocycles. The van der Waals surface area contributed by atoms with E-state index in [9.17, 15) is 14.4 Å². The van der Waals surface area contributed by atoms with Crippen LogP contribution in [0.25, 0.3) is 0 Å². The van der Waals surface area contributed by atoms with E-state index >= 15 is 0 Å². The molecule has 126 valence electrons.